The fourth-order valence-electron chi connectivity index (χ4n) is 9.50. The fraction of sp³-hybridized carbons (Fsp3) is 0.931. The molecule has 5 heteroatoms. The van der Waals surface area contributed by atoms with Gasteiger partial charge in [-0.3, -0.25) is 4.79 Å². The molecule has 0 aromatic rings. The van der Waals surface area contributed by atoms with Crippen molar-refractivity contribution in [3.63, 3.8) is 0 Å². The summed E-state index contributed by atoms with van der Waals surface area (Å²) < 4.78 is 10.2. The van der Waals surface area contributed by atoms with Gasteiger partial charge < -0.3 is 14.8 Å². The molecule has 8 atom stereocenters. The summed E-state index contributed by atoms with van der Waals surface area (Å²) in [4.78, 5) is 23.2. The molecule has 0 aromatic carbocycles. The molecule has 4 rings (SSSR count). The topological polar surface area (TPSA) is 64.6 Å². The highest BCUT2D eigenvalue weighted by Crippen LogP contribution is 2.69. The first-order valence-corrected chi connectivity index (χ1v) is 14.4. The van der Waals surface area contributed by atoms with Gasteiger partial charge in [-0.25, -0.2) is 4.79 Å². The molecule has 0 aromatic heterocycles. The Morgan fingerprint density at radius 2 is 1.71 bits per heavy atom. The zero-order valence-corrected chi connectivity index (χ0v) is 22.2. The summed E-state index contributed by atoms with van der Waals surface area (Å²) in [5.74, 6) is 5.00. The number of ether oxygens (including phenoxy) is 2. The zero-order chi connectivity index (χ0) is 24.3. The lowest BCUT2D eigenvalue weighted by Crippen LogP contribution is -2.55. The van der Waals surface area contributed by atoms with Crippen LogP contribution in [0.4, 0.5) is 4.79 Å². The van der Waals surface area contributed by atoms with Gasteiger partial charge in [-0.15, -0.1) is 0 Å². The van der Waals surface area contributed by atoms with Gasteiger partial charge in [0.05, 0.1) is 13.2 Å². The van der Waals surface area contributed by atoms with E-state index in [2.05, 4.69) is 26.1 Å². The van der Waals surface area contributed by atoms with Crippen LogP contribution in [0.1, 0.15) is 105 Å². The maximum absolute atomic E-state index is 11.9. The summed E-state index contributed by atoms with van der Waals surface area (Å²) in [6.45, 7) is 10.1. The Bertz CT molecular complexity index is 725. The summed E-state index contributed by atoms with van der Waals surface area (Å²) in [5, 5.41) is 2.48. The van der Waals surface area contributed by atoms with E-state index in [9.17, 15) is 9.59 Å². The molecule has 4 aliphatic rings. The Balaban J connectivity index is 1.30. The number of alkyl carbamates (subject to hydrolysis) is 1. The monoisotopic (exact) mass is 475 g/mol. The molecule has 4 saturated carbocycles. The van der Waals surface area contributed by atoms with Gasteiger partial charge in [0, 0.05) is 0 Å². The smallest absolute Gasteiger partial charge is 0.407 e. The Kier molecular flexibility index (Phi) is 8.19. The average Bonchev–Trinajstić information content (AvgIpc) is 3.16. The van der Waals surface area contributed by atoms with Crippen molar-refractivity contribution in [3.05, 3.63) is 0 Å². The van der Waals surface area contributed by atoms with E-state index in [1.807, 2.05) is 0 Å². The standard InChI is InChI=1S/C29H49NO4/c1-5-20-18-22-24-13-12-21(10-9-17-34-27(32)30-19-26(31)33-6-2)28(24,3)16-14-25(22)29(4)15-8-7-11-23(20)29/h20-25H,5-19H2,1-4H3,(H,30,32)/t20-,21?,22?,23?,24?,25-,28?,29?/m0/s1. The highest BCUT2D eigenvalue weighted by atomic mass is 16.6. The van der Waals surface area contributed by atoms with Crippen molar-refractivity contribution in [1.29, 1.82) is 0 Å². The summed E-state index contributed by atoms with van der Waals surface area (Å²) >= 11 is 0. The first kappa shape index (κ1) is 25.8. The number of amides is 1. The van der Waals surface area contributed by atoms with E-state index in [1.165, 1.54) is 64.2 Å². The molecule has 1 N–H and O–H groups in total. The average molecular weight is 476 g/mol. The molecule has 1 amide bonds. The van der Waals surface area contributed by atoms with Crippen molar-refractivity contribution in [3.8, 4) is 0 Å². The van der Waals surface area contributed by atoms with Gasteiger partial charge >= 0.3 is 12.1 Å². The molecule has 34 heavy (non-hydrogen) atoms. The number of esters is 1. The predicted octanol–water partition coefficient (Wildman–Crippen LogP) is 6.74. The third-order valence-electron chi connectivity index (χ3n) is 11.1. The van der Waals surface area contributed by atoms with Crippen molar-refractivity contribution in [1.82, 2.24) is 5.32 Å². The van der Waals surface area contributed by atoms with Gasteiger partial charge in [0.25, 0.3) is 0 Å². The van der Waals surface area contributed by atoms with E-state index in [4.69, 9.17) is 9.47 Å². The number of nitrogens with one attached hydrogen (secondary N) is 1. The maximum atomic E-state index is 11.9. The lowest BCUT2D eigenvalue weighted by molar-refractivity contribution is -0.141. The van der Waals surface area contributed by atoms with E-state index < -0.39 is 12.1 Å². The first-order valence-electron chi connectivity index (χ1n) is 14.4. The van der Waals surface area contributed by atoms with Gasteiger partial charge in [0.1, 0.15) is 6.54 Å². The molecule has 4 fully saturated rings. The molecule has 5 nitrogen and oxygen atoms in total. The summed E-state index contributed by atoms with van der Waals surface area (Å²) in [6, 6.07) is 0. The molecule has 0 spiro atoms. The van der Waals surface area contributed by atoms with Crippen LogP contribution >= 0.6 is 0 Å². The normalized spacial score (nSPS) is 41.1. The SMILES string of the molecule is CCOC(=O)CNC(=O)OCCCC1CCC2C3C[C@H](CC)C4CCCCC4(C)[C@H]3CCC12C. The minimum atomic E-state index is -0.521. The summed E-state index contributed by atoms with van der Waals surface area (Å²) in [7, 11) is 0. The fourth-order valence-corrected chi connectivity index (χ4v) is 9.50. The molecule has 6 unspecified atom stereocenters. The molecule has 0 bridgehead atoms. The van der Waals surface area contributed by atoms with Crippen molar-refractivity contribution in [2.24, 2.45) is 46.3 Å². The van der Waals surface area contributed by atoms with E-state index in [-0.39, 0.29) is 6.54 Å². The van der Waals surface area contributed by atoms with Crippen LogP contribution in [-0.4, -0.2) is 31.8 Å². The minimum Gasteiger partial charge on any atom is -0.465 e. The summed E-state index contributed by atoms with van der Waals surface area (Å²) in [6.07, 6.45) is 15.8. The van der Waals surface area contributed by atoms with Gasteiger partial charge in [-0.05, 0) is 111 Å². The molecular weight excluding hydrogens is 426 g/mol. The van der Waals surface area contributed by atoms with Crippen molar-refractivity contribution >= 4 is 12.1 Å². The van der Waals surface area contributed by atoms with Crippen LogP contribution in [-0.2, 0) is 14.3 Å². The number of rotatable bonds is 8. The molecular formula is C29H49NO4. The molecule has 4 aliphatic carbocycles. The summed E-state index contributed by atoms with van der Waals surface area (Å²) in [5.41, 5.74) is 1.05. The molecule has 0 radical (unpaired) electrons. The van der Waals surface area contributed by atoms with Crippen LogP contribution in [0, 0.1) is 46.3 Å². The second-order valence-corrected chi connectivity index (χ2v) is 12.4. The van der Waals surface area contributed by atoms with Crippen LogP contribution in [0.15, 0.2) is 0 Å². The lowest BCUT2D eigenvalue weighted by Gasteiger charge is -2.62. The molecule has 0 heterocycles. The number of carbonyl (C=O) groups is 2. The van der Waals surface area contributed by atoms with Gasteiger partial charge in [0.15, 0.2) is 0 Å². The van der Waals surface area contributed by atoms with Crippen molar-refractivity contribution < 1.29 is 19.1 Å². The maximum Gasteiger partial charge on any atom is 0.407 e. The van der Waals surface area contributed by atoms with Crippen molar-refractivity contribution in [2.45, 2.75) is 105 Å². The first-order chi connectivity index (χ1) is 16.3. The molecule has 0 aliphatic heterocycles. The van der Waals surface area contributed by atoms with E-state index >= 15 is 0 Å². The van der Waals surface area contributed by atoms with Crippen LogP contribution in [0.2, 0.25) is 0 Å². The van der Waals surface area contributed by atoms with Crippen LogP contribution in [0.25, 0.3) is 0 Å². The number of hydrogen-bond acceptors (Lipinski definition) is 4. The van der Waals surface area contributed by atoms with E-state index in [0.29, 0.717) is 24.0 Å². The third kappa shape index (κ3) is 4.87. The van der Waals surface area contributed by atoms with Crippen LogP contribution in [0.5, 0.6) is 0 Å². The van der Waals surface area contributed by atoms with E-state index in [1.54, 1.807) is 6.92 Å². The Labute approximate surface area is 207 Å². The highest BCUT2D eigenvalue weighted by molar-refractivity contribution is 5.77. The van der Waals surface area contributed by atoms with Crippen LogP contribution in [0.3, 0.4) is 0 Å². The zero-order valence-electron chi connectivity index (χ0n) is 22.2. The minimum absolute atomic E-state index is 0.129. The number of carbonyl (C=O) groups excluding carboxylic acids is 2. The Morgan fingerprint density at radius 3 is 2.47 bits per heavy atom. The molecule has 194 valence electrons. The Morgan fingerprint density at radius 1 is 0.912 bits per heavy atom. The second-order valence-electron chi connectivity index (χ2n) is 12.4. The second kappa shape index (κ2) is 10.8. The number of fused-ring (bicyclic) bond motifs is 5. The lowest BCUT2D eigenvalue weighted by atomic mass is 9.42. The van der Waals surface area contributed by atoms with Gasteiger partial charge in [-0.2, -0.15) is 0 Å². The highest BCUT2D eigenvalue weighted by Gasteiger charge is 2.60. The predicted molar refractivity (Wildman–Crippen MR) is 134 cm³/mol. The van der Waals surface area contributed by atoms with E-state index in [0.717, 1.165) is 48.3 Å². The number of hydrogen-bond donors (Lipinski definition) is 1. The van der Waals surface area contributed by atoms with Gasteiger partial charge in [-0.1, -0.05) is 40.0 Å². The van der Waals surface area contributed by atoms with Crippen molar-refractivity contribution in [2.75, 3.05) is 19.8 Å². The van der Waals surface area contributed by atoms with Crippen LogP contribution < -0.4 is 5.32 Å². The molecule has 0 saturated heterocycles. The Hall–Kier alpha value is -1.26. The quantitative estimate of drug-likeness (QED) is 0.312. The van der Waals surface area contributed by atoms with Gasteiger partial charge in [0.2, 0.25) is 0 Å². The largest absolute Gasteiger partial charge is 0.465 e. The third-order valence-corrected chi connectivity index (χ3v) is 11.1.